The fourth-order valence-corrected chi connectivity index (χ4v) is 3.51. The fraction of sp³-hybridized carbons (Fsp3) is 0.647. The Labute approximate surface area is 142 Å². The lowest BCUT2D eigenvalue weighted by molar-refractivity contribution is -0.132. The van der Waals surface area contributed by atoms with Crippen molar-refractivity contribution >= 4 is 11.8 Å². The van der Waals surface area contributed by atoms with E-state index in [1.165, 1.54) is 12.5 Å². The Balaban J connectivity index is 1.56. The van der Waals surface area contributed by atoms with Gasteiger partial charge >= 0.3 is 0 Å². The molecule has 0 saturated carbocycles. The number of hydrogen-bond donors (Lipinski definition) is 0. The van der Waals surface area contributed by atoms with Crippen LogP contribution in [0.1, 0.15) is 23.2 Å². The maximum atomic E-state index is 12.6. The third kappa shape index (κ3) is 3.62. The van der Waals surface area contributed by atoms with Gasteiger partial charge in [-0.25, -0.2) is 0 Å². The molecular formula is C17H25N3O4. The highest BCUT2D eigenvalue weighted by Crippen LogP contribution is 2.19. The molecule has 0 bridgehead atoms. The summed E-state index contributed by atoms with van der Waals surface area (Å²) in [7, 11) is 1.65. The van der Waals surface area contributed by atoms with Crippen LogP contribution in [0.15, 0.2) is 23.0 Å². The van der Waals surface area contributed by atoms with E-state index in [1.54, 1.807) is 13.2 Å². The predicted molar refractivity (Wildman–Crippen MR) is 87.7 cm³/mol. The lowest BCUT2D eigenvalue weighted by Gasteiger charge is -2.26. The highest BCUT2D eigenvalue weighted by atomic mass is 16.5. The predicted octanol–water partition coefficient (Wildman–Crippen LogP) is 0.675. The van der Waals surface area contributed by atoms with Crippen molar-refractivity contribution in [3.05, 3.63) is 24.2 Å². The van der Waals surface area contributed by atoms with Crippen LogP contribution < -0.4 is 0 Å². The van der Waals surface area contributed by atoms with Crippen LogP contribution in [0.5, 0.6) is 0 Å². The Morgan fingerprint density at radius 1 is 1.29 bits per heavy atom. The Kier molecular flexibility index (Phi) is 5.52. The molecule has 0 radical (unpaired) electrons. The third-order valence-corrected chi connectivity index (χ3v) is 4.86. The standard InChI is InChI=1S/C17H25N3O4/c1-23-12-10-20-7-3-15(17(20)22)18-5-2-6-19(9-8-18)16(21)14-4-11-24-13-14/h4,11,13,15H,2-3,5-10,12H2,1H3/t15-/m1/s1. The van der Waals surface area contributed by atoms with E-state index in [9.17, 15) is 9.59 Å². The molecule has 0 N–H and O–H groups in total. The second-order valence-electron chi connectivity index (χ2n) is 6.32. The summed E-state index contributed by atoms with van der Waals surface area (Å²) < 4.78 is 10.1. The molecule has 132 valence electrons. The number of likely N-dealkylation sites (tertiary alicyclic amines) is 1. The zero-order chi connectivity index (χ0) is 16.9. The molecule has 0 aliphatic carbocycles. The first-order valence-corrected chi connectivity index (χ1v) is 8.54. The molecule has 2 fully saturated rings. The molecule has 2 saturated heterocycles. The average molecular weight is 335 g/mol. The van der Waals surface area contributed by atoms with Crippen molar-refractivity contribution < 1.29 is 18.7 Å². The lowest BCUT2D eigenvalue weighted by atomic mass is 10.2. The number of hydrogen-bond acceptors (Lipinski definition) is 5. The second kappa shape index (κ2) is 7.81. The molecule has 2 aliphatic rings. The van der Waals surface area contributed by atoms with E-state index >= 15 is 0 Å². The minimum atomic E-state index is -0.0502. The first-order valence-electron chi connectivity index (χ1n) is 8.54. The van der Waals surface area contributed by atoms with Crippen LogP contribution in [0.25, 0.3) is 0 Å². The van der Waals surface area contributed by atoms with E-state index in [-0.39, 0.29) is 17.9 Å². The molecule has 7 nitrogen and oxygen atoms in total. The Bertz CT molecular complexity index is 560. The Hall–Kier alpha value is -1.86. The van der Waals surface area contributed by atoms with Gasteiger partial charge in [-0.1, -0.05) is 0 Å². The van der Waals surface area contributed by atoms with Crippen LogP contribution in [0, 0.1) is 0 Å². The molecule has 7 heteroatoms. The van der Waals surface area contributed by atoms with E-state index in [0.29, 0.717) is 25.3 Å². The van der Waals surface area contributed by atoms with E-state index in [2.05, 4.69) is 4.90 Å². The molecule has 0 spiro atoms. The Morgan fingerprint density at radius 3 is 2.92 bits per heavy atom. The van der Waals surface area contributed by atoms with Crippen LogP contribution in [0.3, 0.4) is 0 Å². The summed E-state index contributed by atoms with van der Waals surface area (Å²) in [6, 6.07) is 1.64. The van der Waals surface area contributed by atoms with E-state index in [4.69, 9.17) is 9.15 Å². The van der Waals surface area contributed by atoms with Crippen LogP contribution in [-0.2, 0) is 9.53 Å². The van der Waals surface area contributed by atoms with Gasteiger partial charge in [0, 0.05) is 46.4 Å². The summed E-state index contributed by atoms with van der Waals surface area (Å²) in [5.41, 5.74) is 0.589. The normalized spacial score (nSPS) is 22.9. The summed E-state index contributed by atoms with van der Waals surface area (Å²) in [5, 5.41) is 0. The largest absolute Gasteiger partial charge is 0.472 e. The second-order valence-corrected chi connectivity index (χ2v) is 6.32. The summed E-state index contributed by atoms with van der Waals surface area (Å²) in [5.74, 6) is 0.201. The van der Waals surface area contributed by atoms with Crippen molar-refractivity contribution in [2.75, 3.05) is 53.0 Å². The maximum absolute atomic E-state index is 12.6. The molecule has 1 aromatic rings. The molecule has 1 atom stereocenters. The smallest absolute Gasteiger partial charge is 0.257 e. The van der Waals surface area contributed by atoms with Gasteiger partial charge in [0.1, 0.15) is 6.26 Å². The number of carbonyl (C=O) groups is 2. The van der Waals surface area contributed by atoms with Gasteiger partial charge < -0.3 is 19.0 Å². The minimum Gasteiger partial charge on any atom is -0.472 e. The van der Waals surface area contributed by atoms with Crippen molar-refractivity contribution in [3.8, 4) is 0 Å². The zero-order valence-corrected chi connectivity index (χ0v) is 14.1. The lowest BCUT2D eigenvalue weighted by Crippen LogP contribution is -2.44. The number of ether oxygens (including phenoxy) is 1. The third-order valence-electron chi connectivity index (χ3n) is 4.86. The van der Waals surface area contributed by atoms with Crippen molar-refractivity contribution in [1.82, 2.24) is 14.7 Å². The number of rotatable bonds is 5. The van der Waals surface area contributed by atoms with Crippen LogP contribution in [0.4, 0.5) is 0 Å². The molecule has 24 heavy (non-hydrogen) atoms. The van der Waals surface area contributed by atoms with E-state index in [0.717, 1.165) is 39.0 Å². The molecule has 2 amide bonds. The average Bonchev–Trinajstić information content (AvgIpc) is 3.17. The SMILES string of the molecule is COCCN1CC[C@@H](N2CCCN(C(=O)c3ccoc3)CC2)C1=O. The highest BCUT2D eigenvalue weighted by molar-refractivity contribution is 5.93. The zero-order valence-electron chi connectivity index (χ0n) is 14.1. The van der Waals surface area contributed by atoms with Crippen molar-refractivity contribution in [1.29, 1.82) is 0 Å². The van der Waals surface area contributed by atoms with Crippen molar-refractivity contribution in [2.45, 2.75) is 18.9 Å². The van der Waals surface area contributed by atoms with E-state index in [1.807, 2.05) is 9.80 Å². The molecule has 1 aromatic heterocycles. The minimum absolute atomic E-state index is 0.00469. The molecule has 0 unspecified atom stereocenters. The van der Waals surface area contributed by atoms with Crippen LogP contribution in [0.2, 0.25) is 0 Å². The number of furan rings is 1. The summed E-state index contributed by atoms with van der Waals surface area (Å²) in [6.07, 6.45) is 4.74. The number of methoxy groups -OCH3 is 1. The monoisotopic (exact) mass is 335 g/mol. The van der Waals surface area contributed by atoms with Gasteiger partial charge in [-0.3, -0.25) is 14.5 Å². The van der Waals surface area contributed by atoms with Gasteiger partial charge in [-0.15, -0.1) is 0 Å². The number of amides is 2. The fourth-order valence-electron chi connectivity index (χ4n) is 3.51. The summed E-state index contributed by atoms with van der Waals surface area (Å²) >= 11 is 0. The molecule has 0 aromatic carbocycles. The topological polar surface area (TPSA) is 66.2 Å². The van der Waals surface area contributed by atoms with Gasteiger partial charge in [-0.05, 0) is 18.9 Å². The van der Waals surface area contributed by atoms with Crippen molar-refractivity contribution in [2.24, 2.45) is 0 Å². The van der Waals surface area contributed by atoms with Gasteiger partial charge in [-0.2, -0.15) is 0 Å². The molecule has 3 rings (SSSR count). The first kappa shape index (κ1) is 17.0. The number of carbonyl (C=O) groups excluding carboxylic acids is 2. The quantitative estimate of drug-likeness (QED) is 0.791. The van der Waals surface area contributed by atoms with Crippen LogP contribution in [-0.4, -0.2) is 85.5 Å². The summed E-state index contributed by atoms with van der Waals surface area (Å²) in [6.45, 7) is 4.97. The first-order chi connectivity index (χ1) is 11.7. The molecule has 3 heterocycles. The van der Waals surface area contributed by atoms with E-state index < -0.39 is 0 Å². The highest BCUT2D eigenvalue weighted by Gasteiger charge is 2.36. The molecular weight excluding hydrogens is 310 g/mol. The summed E-state index contributed by atoms with van der Waals surface area (Å²) in [4.78, 5) is 31.0. The number of nitrogens with zero attached hydrogens (tertiary/aromatic N) is 3. The van der Waals surface area contributed by atoms with Gasteiger partial charge in [0.05, 0.1) is 24.5 Å². The molecule has 2 aliphatic heterocycles. The van der Waals surface area contributed by atoms with Gasteiger partial charge in [0.25, 0.3) is 5.91 Å². The van der Waals surface area contributed by atoms with Gasteiger partial charge in [0.2, 0.25) is 5.91 Å². The Morgan fingerprint density at radius 2 is 2.17 bits per heavy atom. The van der Waals surface area contributed by atoms with Crippen LogP contribution >= 0.6 is 0 Å². The van der Waals surface area contributed by atoms with Crippen molar-refractivity contribution in [3.63, 3.8) is 0 Å². The maximum Gasteiger partial charge on any atom is 0.257 e. The van der Waals surface area contributed by atoms with Gasteiger partial charge in [0.15, 0.2) is 0 Å².